The lowest BCUT2D eigenvalue weighted by Crippen LogP contribution is -2.69. The van der Waals surface area contributed by atoms with E-state index < -0.39 is 11.6 Å². The van der Waals surface area contributed by atoms with Gasteiger partial charge in [0.05, 0.1) is 5.69 Å². The third kappa shape index (κ3) is 2.36. The molecule has 1 atom stereocenters. The molecule has 1 aliphatic heterocycles. The molecule has 1 saturated heterocycles. The lowest BCUT2D eigenvalue weighted by molar-refractivity contribution is -0.137. The molecule has 2 amide bonds. The number of carbonyl (C=O) groups excluding carboxylic acids is 2. The van der Waals surface area contributed by atoms with Crippen LogP contribution in [0.25, 0.3) is 0 Å². The highest BCUT2D eigenvalue weighted by molar-refractivity contribution is 9.10. The van der Waals surface area contributed by atoms with Gasteiger partial charge in [0.2, 0.25) is 5.91 Å². The number of benzene rings is 1. The molecular formula is C15H16BrClN2O2. The van der Waals surface area contributed by atoms with Crippen molar-refractivity contribution in [2.45, 2.75) is 44.2 Å². The van der Waals surface area contributed by atoms with E-state index in [4.69, 9.17) is 11.6 Å². The number of halogens is 2. The molecule has 112 valence electrons. The van der Waals surface area contributed by atoms with Gasteiger partial charge in [-0.2, -0.15) is 0 Å². The van der Waals surface area contributed by atoms with Gasteiger partial charge in [-0.15, -0.1) is 0 Å². The highest BCUT2D eigenvalue weighted by Crippen LogP contribution is 2.39. The van der Waals surface area contributed by atoms with Crippen LogP contribution in [0.3, 0.4) is 0 Å². The molecule has 6 heteroatoms. The van der Waals surface area contributed by atoms with E-state index in [1.54, 1.807) is 30.0 Å². The normalized spacial score (nSPS) is 24.5. The van der Waals surface area contributed by atoms with Gasteiger partial charge in [-0.05, 0) is 53.9 Å². The number of hydrogen-bond acceptors (Lipinski definition) is 2. The number of piperazine rings is 1. The summed E-state index contributed by atoms with van der Waals surface area (Å²) in [7, 11) is 0. The first-order valence-corrected chi connectivity index (χ1v) is 8.22. The summed E-state index contributed by atoms with van der Waals surface area (Å²) in [6, 6.07) is 4.73. The fraction of sp³-hybridized carbons (Fsp3) is 0.467. The monoisotopic (exact) mass is 370 g/mol. The minimum absolute atomic E-state index is 0.0184. The second-order valence-corrected chi connectivity index (χ2v) is 7.02. The van der Waals surface area contributed by atoms with Gasteiger partial charge in [0.15, 0.2) is 0 Å². The van der Waals surface area contributed by atoms with Crippen LogP contribution in [0, 0.1) is 0 Å². The predicted octanol–water partition coefficient (Wildman–Crippen LogP) is 3.27. The van der Waals surface area contributed by atoms with Gasteiger partial charge in [0, 0.05) is 9.50 Å². The number of anilines is 1. The Labute approximate surface area is 137 Å². The van der Waals surface area contributed by atoms with Crippen molar-refractivity contribution in [3.05, 3.63) is 27.7 Å². The van der Waals surface area contributed by atoms with Gasteiger partial charge in [0.25, 0.3) is 5.91 Å². The average Bonchev–Trinajstić information content (AvgIpc) is 2.89. The minimum atomic E-state index is -0.720. The SMILES string of the molecule is CC1C(=O)NC2(CCCC2)C(=O)N1c1ccc(Cl)cc1Br. The number of carbonyl (C=O) groups is 2. The molecule has 2 fully saturated rings. The summed E-state index contributed by atoms with van der Waals surface area (Å²) in [6.45, 7) is 1.75. The molecule has 1 aliphatic carbocycles. The van der Waals surface area contributed by atoms with Crippen LogP contribution in [0.4, 0.5) is 5.69 Å². The Morgan fingerprint density at radius 2 is 2.00 bits per heavy atom. The van der Waals surface area contributed by atoms with Crippen molar-refractivity contribution in [2.75, 3.05) is 4.90 Å². The molecule has 2 aliphatic rings. The molecule has 1 aromatic carbocycles. The van der Waals surface area contributed by atoms with Crippen LogP contribution in [0.2, 0.25) is 5.02 Å². The fourth-order valence-corrected chi connectivity index (χ4v) is 4.10. The van der Waals surface area contributed by atoms with Gasteiger partial charge in [-0.3, -0.25) is 14.5 Å². The third-order valence-corrected chi connectivity index (χ3v) is 5.25. The lowest BCUT2D eigenvalue weighted by Gasteiger charge is -2.43. The van der Waals surface area contributed by atoms with Gasteiger partial charge >= 0.3 is 0 Å². The Balaban J connectivity index is 2.05. The minimum Gasteiger partial charge on any atom is -0.340 e. The van der Waals surface area contributed by atoms with Crippen LogP contribution in [0.5, 0.6) is 0 Å². The molecule has 1 spiro atoms. The molecule has 21 heavy (non-hydrogen) atoms. The zero-order chi connectivity index (χ0) is 15.2. The van der Waals surface area contributed by atoms with E-state index >= 15 is 0 Å². The van der Waals surface area contributed by atoms with Gasteiger partial charge < -0.3 is 5.32 Å². The summed E-state index contributed by atoms with van der Waals surface area (Å²) in [4.78, 5) is 26.9. The van der Waals surface area contributed by atoms with E-state index in [0.717, 1.165) is 17.3 Å². The van der Waals surface area contributed by atoms with Crippen LogP contribution in [0.15, 0.2) is 22.7 Å². The Morgan fingerprint density at radius 3 is 2.62 bits per heavy atom. The smallest absolute Gasteiger partial charge is 0.253 e. The van der Waals surface area contributed by atoms with Crippen LogP contribution in [0.1, 0.15) is 32.6 Å². The summed E-state index contributed by atoms with van der Waals surface area (Å²) in [6.07, 6.45) is 3.37. The van der Waals surface area contributed by atoms with E-state index in [0.29, 0.717) is 23.6 Å². The summed E-state index contributed by atoms with van der Waals surface area (Å²) in [5.74, 6) is -0.117. The number of amides is 2. The first-order chi connectivity index (χ1) is 9.94. The maximum Gasteiger partial charge on any atom is 0.253 e. The first-order valence-electron chi connectivity index (χ1n) is 7.05. The van der Waals surface area contributed by atoms with Crippen molar-refractivity contribution in [3.63, 3.8) is 0 Å². The molecule has 0 aromatic heterocycles. The molecule has 1 aromatic rings. The molecule has 0 bridgehead atoms. The Morgan fingerprint density at radius 1 is 1.33 bits per heavy atom. The Kier molecular flexibility index (Phi) is 3.74. The van der Waals surface area contributed by atoms with E-state index in [2.05, 4.69) is 21.2 Å². The standard InChI is InChI=1S/C15H16BrClN2O2/c1-9-13(20)18-15(6-2-3-7-15)14(21)19(9)12-5-4-10(17)8-11(12)16/h4-5,8-9H,2-3,6-7H2,1H3,(H,18,20). The van der Waals surface area contributed by atoms with E-state index in [1.807, 2.05) is 0 Å². The van der Waals surface area contributed by atoms with Crippen molar-refractivity contribution in [3.8, 4) is 0 Å². The highest BCUT2D eigenvalue weighted by atomic mass is 79.9. The molecule has 3 rings (SSSR count). The van der Waals surface area contributed by atoms with Gasteiger partial charge in [0.1, 0.15) is 11.6 Å². The molecule has 1 unspecified atom stereocenters. The topological polar surface area (TPSA) is 49.4 Å². The Hall–Kier alpha value is -1.07. The van der Waals surface area contributed by atoms with Gasteiger partial charge in [-0.25, -0.2) is 0 Å². The number of hydrogen-bond donors (Lipinski definition) is 1. The highest BCUT2D eigenvalue weighted by Gasteiger charge is 2.51. The third-order valence-electron chi connectivity index (χ3n) is 4.38. The van der Waals surface area contributed by atoms with Crippen molar-refractivity contribution < 1.29 is 9.59 Å². The van der Waals surface area contributed by atoms with E-state index in [9.17, 15) is 9.59 Å². The largest absolute Gasteiger partial charge is 0.340 e. The van der Waals surface area contributed by atoms with Crippen LogP contribution in [-0.4, -0.2) is 23.4 Å². The zero-order valence-electron chi connectivity index (χ0n) is 11.7. The van der Waals surface area contributed by atoms with Crippen molar-refractivity contribution >= 4 is 45.0 Å². The first kappa shape index (κ1) is 14.9. The van der Waals surface area contributed by atoms with Crippen molar-refractivity contribution in [1.29, 1.82) is 0 Å². The summed E-state index contributed by atoms with van der Waals surface area (Å²) in [5, 5.41) is 3.54. The number of nitrogens with one attached hydrogen (secondary N) is 1. The van der Waals surface area contributed by atoms with Crippen LogP contribution >= 0.6 is 27.5 Å². The molecule has 1 N–H and O–H groups in total. The maximum absolute atomic E-state index is 13.0. The zero-order valence-corrected chi connectivity index (χ0v) is 14.0. The van der Waals surface area contributed by atoms with Crippen molar-refractivity contribution in [1.82, 2.24) is 5.32 Å². The molecule has 0 radical (unpaired) electrons. The molecular weight excluding hydrogens is 356 g/mol. The number of rotatable bonds is 1. The second kappa shape index (κ2) is 5.29. The van der Waals surface area contributed by atoms with Crippen molar-refractivity contribution in [2.24, 2.45) is 0 Å². The van der Waals surface area contributed by atoms with Crippen LogP contribution in [-0.2, 0) is 9.59 Å². The summed E-state index contributed by atoms with van der Waals surface area (Å²) in [5.41, 5.74) is -0.0270. The maximum atomic E-state index is 13.0. The predicted molar refractivity (Wildman–Crippen MR) is 85.4 cm³/mol. The molecule has 1 saturated carbocycles. The molecule has 4 nitrogen and oxygen atoms in total. The summed E-state index contributed by atoms with van der Waals surface area (Å²) >= 11 is 9.41. The number of nitrogens with zero attached hydrogens (tertiary/aromatic N) is 1. The van der Waals surface area contributed by atoms with Gasteiger partial charge in [-0.1, -0.05) is 24.4 Å². The lowest BCUT2D eigenvalue weighted by atomic mass is 9.90. The Bertz CT molecular complexity index is 614. The van der Waals surface area contributed by atoms with E-state index in [1.165, 1.54) is 0 Å². The average molecular weight is 372 g/mol. The fourth-order valence-electron chi connectivity index (χ4n) is 3.23. The van der Waals surface area contributed by atoms with Crippen LogP contribution < -0.4 is 10.2 Å². The second-order valence-electron chi connectivity index (χ2n) is 5.73. The molecule has 1 heterocycles. The van der Waals surface area contributed by atoms with E-state index in [-0.39, 0.29) is 11.8 Å². The summed E-state index contributed by atoms with van der Waals surface area (Å²) < 4.78 is 0.720. The quantitative estimate of drug-likeness (QED) is 0.824.